The Morgan fingerprint density at radius 2 is 1.73 bits per heavy atom. The summed E-state index contributed by atoms with van der Waals surface area (Å²) in [6, 6.07) is 19.7. The number of nitrogens with zero attached hydrogens (tertiary/aromatic N) is 1. The molecule has 4 rings (SSSR count). The summed E-state index contributed by atoms with van der Waals surface area (Å²) in [4.78, 5) is 14.9. The number of benzene rings is 3. The van der Waals surface area contributed by atoms with Gasteiger partial charge in [-0.15, -0.1) is 0 Å². The largest absolute Gasteiger partial charge is 0.308 e. The van der Waals surface area contributed by atoms with Gasteiger partial charge < -0.3 is 4.90 Å². The second-order valence-electron chi connectivity index (χ2n) is 7.57. The highest BCUT2D eigenvalue weighted by Crippen LogP contribution is 2.31. The zero-order chi connectivity index (χ0) is 21.3. The number of sulfonamides is 1. The summed E-state index contributed by atoms with van der Waals surface area (Å²) in [5.74, 6) is -0.0688. The zero-order valence-electron chi connectivity index (χ0n) is 17.1. The van der Waals surface area contributed by atoms with Gasteiger partial charge in [0.1, 0.15) is 0 Å². The Bertz CT molecular complexity index is 1200. The summed E-state index contributed by atoms with van der Waals surface area (Å²) in [6.45, 7) is 4.46. The molecule has 0 saturated heterocycles. The van der Waals surface area contributed by atoms with Crippen LogP contribution in [-0.4, -0.2) is 20.9 Å². The first kappa shape index (κ1) is 20.2. The van der Waals surface area contributed by atoms with Crippen LogP contribution < -0.4 is 9.62 Å². The number of fused-ring (bicyclic) bond motifs is 1. The number of aryl methyl sites for hydroxylation is 2. The van der Waals surface area contributed by atoms with Crippen molar-refractivity contribution in [3.8, 4) is 0 Å². The lowest BCUT2D eigenvalue weighted by atomic mass is 10.0. The average Bonchev–Trinajstić information content (AvgIpc) is 2.76. The summed E-state index contributed by atoms with van der Waals surface area (Å²) in [5, 5.41) is 0. The van der Waals surface area contributed by atoms with E-state index in [2.05, 4.69) is 4.72 Å². The van der Waals surface area contributed by atoms with Crippen molar-refractivity contribution in [2.75, 3.05) is 16.2 Å². The molecular formula is C24H24N2O3S. The summed E-state index contributed by atoms with van der Waals surface area (Å²) >= 11 is 0. The molecule has 3 aromatic carbocycles. The Morgan fingerprint density at radius 1 is 0.967 bits per heavy atom. The first-order valence-electron chi connectivity index (χ1n) is 9.96. The van der Waals surface area contributed by atoms with Gasteiger partial charge in [0.25, 0.3) is 15.9 Å². The van der Waals surface area contributed by atoms with Crippen LogP contribution in [0.5, 0.6) is 0 Å². The van der Waals surface area contributed by atoms with Crippen LogP contribution in [0.3, 0.4) is 0 Å². The van der Waals surface area contributed by atoms with Crippen molar-refractivity contribution in [1.82, 2.24) is 0 Å². The number of carbonyl (C=O) groups excluding carboxylic acids is 1. The molecule has 0 saturated carbocycles. The number of anilines is 2. The maximum absolute atomic E-state index is 13.0. The van der Waals surface area contributed by atoms with E-state index in [0.717, 1.165) is 35.2 Å². The Labute approximate surface area is 177 Å². The van der Waals surface area contributed by atoms with Gasteiger partial charge in [-0.05, 0) is 79.8 Å². The van der Waals surface area contributed by atoms with Gasteiger partial charge in [0.05, 0.1) is 10.6 Å². The van der Waals surface area contributed by atoms with Crippen molar-refractivity contribution < 1.29 is 13.2 Å². The normalized spacial score (nSPS) is 13.6. The fourth-order valence-electron chi connectivity index (χ4n) is 3.75. The third kappa shape index (κ3) is 3.83. The van der Waals surface area contributed by atoms with Gasteiger partial charge in [-0.1, -0.05) is 30.3 Å². The number of carbonyl (C=O) groups is 1. The quantitative estimate of drug-likeness (QED) is 0.665. The molecule has 0 aliphatic carbocycles. The van der Waals surface area contributed by atoms with Crippen molar-refractivity contribution >= 4 is 27.3 Å². The van der Waals surface area contributed by atoms with Gasteiger partial charge in [0, 0.05) is 17.8 Å². The molecule has 154 valence electrons. The predicted octanol–water partition coefficient (Wildman–Crippen LogP) is 4.70. The van der Waals surface area contributed by atoms with Gasteiger partial charge in [-0.2, -0.15) is 0 Å². The number of hydrogen-bond acceptors (Lipinski definition) is 3. The molecule has 1 aliphatic heterocycles. The van der Waals surface area contributed by atoms with Crippen LogP contribution >= 0.6 is 0 Å². The molecule has 0 aromatic heterocycles. The van der Waals surface area contributed by atoms with Crippen LogP contribution in [0.25, 0.3) is 0 Å². The Hall–Kier alpha value is -3.12. The maximum Gasteiger partial charge on any atom is 0.261 e. The van der Waals surface area contributed by atoms with E-state index < -0.39 is 10.0 Å². The highest BCUT2D eigenvalue weighted by atomic mass is 32.2. The van der Waals surface area contributed by atoms with E-state index in [9.17, 15) is 13.2 Å². The van der Waals surface area contributed by atoms with Crippen LogP contribution in [0.15, 0.2) is 71.6 Å². The zero-order valence-corrected chi connectivity index (χ0v) is 17.9. The highest BCUT2D eigenvalue weighted by Gasteiger charge is 2.25. The molecule has 1 heterocycles. The van der Waals surface area contributed by atoms with Crippen molar-refractivity contribution in [2.45, 2.75) is 31.6 Å². The summed E-state index contributed by atoms with van der Waals surface area (Å²) in [7, 11) is -3.73. The molecule has 1 aliphatic rings. The molecule has 0 radical (unpaired) electrons. The van der Waals surface area contributed by atoms with Crippen LogP contribution in [0.1, 0.15) is 33.5 Å². The van der Waals surface area contributed by atoms with Crippen molar-refractivity contribution in [2.24, 2.45) is 0 Å². The van der Waals surface area contributed by atoms with E-state index in [4.69, 9.17) is 0 Å². The molecule has 30 heavy (non-hydrogen) atoms. The third-order valence-corrected chi connectivity index (χ3v) is 6.96. The summed E-state index contributed by atoms with van der Waals surface area (Å²) in [6.07, 6.45) is 1.53. The van der Waals surface area contributed by atoms with Crippen LogP contribution in [0.4, 0.5) is 11.4 Å². The number of amides is 1. The van der Waals surface area contributed by atoms with Crippen LogP contribution in [-0.2, 0) is 16.4 Å². The van der Waals surface area contributed by atoms with Gasteiger partial charge in [0.15, 0.2) is 0 Å². The van der Waals surface area contributed by atoms with Crippen LogP contribution in [0.2, 0.25) is 0 Å². The summed E-state index contributed by atoms with van der Waals surface area (Å²) in [5.41, 5.74) is 4.77. The average molecular weight is 421 g/mol. The lowest BCUT2D eigenvalue weighted by Gasteiger charge is -2.30. The van der Waals surface area contributed by atoms with Gasteiger partial charge in [-0.3, -0.25) is 9.52 Å². The topological polar surface area (TPSA) is 66.5 Å². The number of rotatable bonds is 4. The fourth-order valence-corrected chi connectivity index (χ4v) is 4.93. The minimum atomic E-state index is -3.73. The molecule has 3 aromatic rings. The molecule has 5 nitrogen and oxygen atoms in total. The van der Waals surface area contributed by atoms with Gasteiger partial charge >= 0.3 is 0 Å². The monoisotopic (exact) mass is 420 g/mol. The third-order valence-electron chi connectivity index (χ3n) is 5.59. The minimum absolute atomic E-state index is 0.0688. The van der Waals surface area contributed by atoms with Gasteiger partial charge in [0.2, 0.25) is 0 Å². The highest BCUT2D eigenvalue weighted by molar-refractivity contribution is 7.92. The SMILES string of the molecule is Cc1cccc(NS(=O)(=O)c2ccc3c(c2)CCCN3C(=O)c2ccccc2)c1C. The molecular weight excluding hydrogens is 396 g/mol. The van der Waals surface area contributed by atoms with Crippen LogP contribution in [0, 0.1) is 13.8 Å². The first-order valence-corrected chi connectivity index (χ1v) is 11.4. The lowest BCUT2D eigenvalue weighted by molar-refractivity contribution is 0.0985. The molecule has 0 fully saturated rings. The van der Waals surface area contributed by atoms with Crippen molar-refractivity contribution in [1.29, 1.82) is 0 Å². The number of hydrogen-bond donors (Lipinski definition) is 1. The first-order chi connectivity index (χ1) is 14.4. The Kier molecular flexibility index (Phi) is 5.35. The van der Waals surface area contributed by atoms with E-state index in [1.807, 2.05) is 44.2 Å². The molecule has 0 bridgehead atoms. The predicted molar refractivity (Wildman–Crippen MR) is 120 cm³/mol. The fraction of sp³-hybridized carbons (Fsp3) is 0.208. The summed E-state index contributed by atoms with van der Waals surface area (Å²) < 4.78 is 28.7. The van der Waals surface area contributed by atoms with E-state index in [0.29, 0.717) is 17.8 Å². The van der Waals surface area contributed by atoms with E-state index in [-0.39, 0.29) is 10.8 Å². The molecule has 0 spiro atoms. The molecule has 6 heteroatoms. The lowest BCUT2D eigenvalue weighted by Crippen LogP contribution is -2.35. The standard InChI is InChI=1S/C24H24N2O3S/c1-17-8-6-12-22(18(17)2)25-30(28,29)21-13-14-23-20(16-21)11-7-15-26(23)24(27)19-9-4-3-5-10-19/h3-6,8-10,12-14,16,25H,7,11,15H2,1-2H3. The van der Waals surface area contributed by atoms with Gasteiger partial charge in [-0.25, -0.2) is 8.42 Å². The molecule has 1 N–H and O–H groups in total. The van der Waals surface area contributed by atoms with Crippen molar-refractivity contribution in [3.05, 3.63) is 89.0 Å². The van der Waals surface area contributed by atoms with E-state index >= 15 is 0 Å². The van der Waals surface area contributed by atoms with E-state index in [1.165, 1.54) is 0 Å². The number of nitrogens with one attached hydrogen (secondary N) is 1. The minimum Gasteiger partial charge on any atom is -0.308 e. The Balaban J connectivity index is 1.65. The second-order valence-corrected chi connectivity index (χ2v) is 9.25. The smallest absolute Gasteiger partial charge is 0.261 e. The molecule has 0 atom stereocenters. The maximum atomic E-state index is 13.0. The molecule has 0 unspecified atom stereocenters. The van der Waals surface area contributed by atoms with E-state index in [1.54, 1.807) is 41.3 Å². The second kappa shape index (κ2) is 7.95. The Morgan fingerprint density at radius 3 is 2.50 bits per heavy atom. The van der Waals surface area contributed by atoms with Crippen molar-refractivity contribution in [3.63, 3.8) is 0 Å². The molecule has 1 amide bonds.